The van der Waals surface area contributed by atoms with E-state index in [0.717, 1.165) is 35.3 Å². The molecule has 0 bridgehead atoms. The molecule has 2 atom stereocenters. The first-order chi connectivity index (χ1) is 18.5. The van der Waals surface area contributed by atoms with Gasteiger partial charge in [0, 0.05) is 25.9 Å². The predicted molar refractivity (Wildman–Crippen MR) is 147 cm³/mol. The summed E-state index contributed by atoms with van der Waals surface area (Å²) in [5, 5.41) is 0. The summed E-state index contributed by atoms with van der Waals surface area (Å²) >= 11 is 0. The van der Waals surface area contributed by atoms with E-state index in [-0.39, 0.29) is 30.2 Å². The van der Waals surface area contributed by atoms with Gasteiger partial charge in [0.2, 0.25) is 11.8 Å². The van der Waals surface area contributed by atoms with Gasteiger partial charge in [-0.15, -0.1) is 0 Å². The summed E-state index contributed by atoms with van der Waals surface area (Å²) in [5.41, 5.74) is 2.74. The minimum absolute atomic E-state index is 0.0181. The first kappa shape index (κ1) is 27.1. The molecule has 0 saturated carbocycles. The van der Waals surface area contributed by atoms with Crippen molar-refractivity contribution in [3.63, 3.8) is 0 Å². The Kier molecular flexibility index (Phi) is 9.30. The lowest BCUT2D eigenvalue weighted by molar-refractivity contribution is -0.147. The van der Waals surface area contributed by atoms with Crippen LogP contribution in [0.2, 0.25) is 0 Å². The van der Waals surface area contributed by atoms with Gasteiger partial charge in [0.15, 0.2) is 0 Å². The van der Waals surface area contributed by atoms with Crippen molar-refractivity contribution < 1.29 is 18.7 Å². The third-order valence-electron chi connectivity index (χ3n) is 6.96. The standard InChI is InChI=1S/C32H35FN2O3/c1-3-4-12-31(36)34-21-8-11-29(26-15-19-28(38-2)20-16-26)35(23-25-13-17-27(33)18-14-25)32(37)30(34)22-24-9-6-5-7-10-24/h5-11,13-20,29-30H,3-4,12,21-23H2,1-2H3/b11-8-/t29-,30-/m0/s1. The summed E-state index contributed by atoms with van der Waals surface area (Å²) < 4.78 is 19.0. The monoisotopic (exact) mass is 514 g/mol. The van der Waals surface area contributed by atoms with Crippen LogP contribution in [-0.2, 0) is 22.6 Å². The van der Waals surface area contributed by atoms with Crippen LogP contribution >= 0.6 is 0 Å². The molecule has 198 valence electrons. The summed E-state index contributed by atoms with van der Waals surface area (Å²) in [6.07, 6.45) is 6.48. The summed E-state index contributed by atoms with van der Waals surface area (Å²) in [6, 6.07) is 22.7. The van der Waals surface area contributed by atoms with E-state index >= 15 is 0 Å². The number of methoxy groups -OCH3 is 1. The number of ether oxygens (including phenoxy) is 1. The molecule has 4 rings (SSSR count). The number of benzene rings is 3. The van der Waals surface area contributed by atoms with E-state index in [1.54, 1.807) is 29.0 Å². The van der Waals surface area contributed by atoms with Gasteiger partial charge in [0.1, 0.15) is 17.6 Å². The molecule has 6 heteroatoms. The summed E-state index contributed by atoms with van der Waals surface area (Å²) in [4.78, 5) is 31.4. The van der Waals surface area contributed by atoms with Crippen molar-refractivity contribution >= 4 is 11.8 Å². The van der Waals surface area contributed by atoms with E-state index in [9.17, 15) is 14.0 Å². The molecule has 0 aromatic heterocycles. The van der Waals surface area contributed by atoms with Crippen LogP contribution in [0.3, 0.4) is 0 Å². The van der Waals surface area contributed by atoms with Crippen LogP contribution in [0, 0.1) is 5.82 Å². The molecule has 1 aliphatic rings. The molecule has 5 nitrogen and oxygen atoms in total. The lowest BCUT2D eigenvalue weighted by atomic mass is 9.96. The fourth-order valence-corrected chi connectivity index (χ4v) is 4.83. The van der Waals surface area contributed by atoms with Crippen LogP contribution in [0.1, 0.15) is 48.9 Å². The van der Waals surface area contributed by atoms with Crippen LogP contribution in [0.4, 0.5) is 4.39 Å². The number of nitrogens with zero attached hydrogens (tertiary/aromatic N) is 2. The van der Waals surface area contributed by atoms with Crippen LogP contribution < -0.4 is 4.74 Å². The van der Waals surface area contributed by atoms with Gasteiger partial charge >= 0.3 is 0 Å². The maximum Gasteiger partial charge on any atom is 0.246 e. The van der Waals surface area contributed by atoms with Gasteiger partial charge in [-0.05, 0) is 47.4 Å². The van der Waals surface area contributed by atoms with Crippen molar-refractivity contribution in [1.29, 1.82) is 0 Å². The highest BCUT2D eigenvalue weighted by Gasteiger charge is 2.36. The van der Waals surface area contributed by atoms with E-state index in [4.69, 9.17) is 4.74 Å². The van der Waals surface area contributed by atoms with E-state index in [2.05, 4.69) is 6.92 Å². The lowest BCUT2D eigenvalue weighted by Crippen LogP contribution is -2.53. The third-order valence-corrected chi connectivity index (χ3v) is 6.96. The van der Waals surface area contributed by atoms with Crippen LogP contribution in [0.5, 0.6) is 5.75 Å². The second-order valence-electron chi connectivity index (χ2n) is 9.59. The number of rotatable bonds is 9. The molecule has 0 fully saturated rings. The minimum Gasteiger partial charge on any atom is -0.497 e. The quantitative estimate of drug-likeness (QED) is 0.324. The molecular formula is C32H35FN2O3. The number of unbranched alkanes of at least 4 members (excludes halogenated alkanes) is 1. The largest absolute Gasteiger partial charge is 0.497 e. The normalized spacial score (nSPS) is 18.6. The summed E-state index contributed by atoms with van der Waals surface area (Å²) in [6.45, 7) is 2.70. The lowest BCUT2D eigenvalue weighted by Gasteiger charge is -2.39. The Morgan fingerprint density at radius 1 is 0.974 bits per heavy atom. The van der Waals surface area contributed by atoms with E-state index in [0.29, 0.717) is 19.4 Å². The topological polar surface area (TPSA) is 49.9 Å². The van der Waals surface area contributed by atoms with E-state index in [1.807, 2.05) is 66.7 Å². The number of hydrogen-bond donors (Lipinski definition) is 0. The summed E-state index contributed by atoms with van der Waals surface area (Å²) in [7, 11) is 1.62. The Morgan fingerprint density at radius 2 is 1.68 bits per heavy atom. The number of carbonyl (C=O) groups excluding carboxylic acids is 2. The number of carbonyl (C=O) groups is 2. The van der Waals surface area contributed by atoms with E-state index in [1.165, 1.54) is 12.1 Å². The predicted octanol–water partition coefficient (Wildman–Crippen LogP) is 6.10. The highest BCUT2D eigenvalue weighted by Crippen LogP contribution is 2.30. The van der Waals surface area contributed by atoms with E-state index < -0.39 is 6.04 Å². The van der Waals surface area contributed by atoms with Gasteiger partial charge in [-0.2, -0.15) is 0 Å². The van der Waals surface area contributed by atoms with Crippen LogP contribution in [0.25, 0.3) is 0 Å². The maximum absolute atomic E-state index is 14.5. The van der Waals surface area contributed by atoms with Gasteiger partial charge in [0.25, 0.3) is 0 Å². The number of hydrogen-bond acceptors (Lipinski definition) is 3. The zero-order valence-electron chi connectivity index (χ0n) is 22.1. The Morgan fingerprint density at radius 3 is 2.34 bits per heavy atom. The van der Waals surface area contributed by atoms with Gasteiger partial charge in [-0.25, -0.2) is 4.39 Å². The Hall–Kier alpha value is -3.93. The molecule has 0 unspecified atom stereocenters. The minimum atomic E-state index is -0.659. The highest BCUT2D eigenvalue weighted by atomic mass is 19.1. The Labute approximate surface area is 224 Å². The van der Waals surface area contributed by atoms with Crippen molar-refractivity contribution in [3.05, 3.63) is 114 Å². The average molecular weight is 515 g/mol. The van der Waals surface area contributed by atoms with Crippen molar-refractivity contribution in [1.82, 2.24) is 9.80 Å². The fraction of sp³-hybridized carbons (Fsp3) is 0.312. The molecular weight excluding hydrogens is 479 g/mol. The molecule has 3 aromatic carbocycles. The average Bonchev–Trinajstić information content (AvgIpc) is 2.95. The van der Waals surface area contributed by atoms with Crippen molar-refractivity contribution in [3.8, 4) is 5.75 Å². The van der Waals surface area contributed by atoms with Gasteiger partial charge in [-0.3, -0.25) is 9.59 Å². The third kappa shape index (κ3) is 6.68. The Bertz CT molecular complexity index is 1230. The second-order valence-corrected chi connectivity index (χ2v) is 9.59. The van der Waals surface area contributed by atoms with Crippen molar-refractivity contribution in [2.45, 2.75) is 51.2 Å². The first-order valence-electron chi connectivity index (χ1n) is 13.2. The molecule has 0 saturated heterocycles. The maximum atomic E-state index is 14.5. The molecule has 1 aliphatic heterocycles. The molecule has 38 heavy (non-hydrogen) atoms. The molecule has 0 spiro atoms. The number of halogens is 1. The molecule has 0 aliphatic carbocycles. The van der Waals surface area contributed by atoms with Crippen molar-refractivity contribution in [2.24, 2.45) is 0 Å². The molecule has 0 N–H and O–H groups in total. The molecule has 0 radical (unpaired) electrons. The highest BCUT2D eigenvalue weighted by molar-refractivity contribution is 5.89. The van der Waals surface area contributed by atoms with Gasteiger partial charge in [-0.1, -0.05) is 80.1 Å². The molecule has 2 amide bonds. The van der Waals surface area contributed by atoms with Crippen LogP contribution in [0.15, 0.2) is 91.0 Å². The number of amides is 2. The van der Waals surface area contributed by atoms with Gasteiger partial charge < -0.3 is 14.5 Å². The summed E-state index contributed by atoms with van der Waals surface area (Å²) in [5.74, 6) is 0.257. The van der Waals surface area contributed by atoms with Crippen molar-refractivity contribution in [2.75, 3.05) is 13.7 Å². The Balaban J connectivity index is 1.77. The van der Waals surface area contributed by atoms with Gasteiger partial charge in [0.05, 0.1) is 13.2 Å². The fourth-order valence-electron chi connectivity index (χ4n) is 4.83. The SMILES string of the molecule is CCCCC(=O)N1C/C=C\[C@@H](c2ccc(OC)cc2)N(Cc2ccc(F)cc2)C(=O)[C@@H]1Cc1ccccc1. The molecule has 3 aromatic rings. The first-order valence-corrected chi connectivity index (χ1v) is 13.2. The second kappa shape index (κ2) is 13.0. The zero-order chi connectivity index (χ0) is 26.9. The zero-order valence-corrected chi connectivity index (χ0v) is 22.1. The van der Waals surface area contributed by atoms with Crippen LogP contribution in [-0.4, -0.2) is 41.3 Å². The molecule has 1 heterocycles. The smallest absolute Gasteiger partial charge is 0.246 e.